The molecular formula is C15H20N2OS. The molecule has 0 spiro atoms. The minimum Gasteiger partial charge on any atom is -0.397 e. The number of nitrogens with two attached hydrogens (primary N) is 1. The summed E-state index contributed by atoms with van der Waals surface area (Å²) in [5, 5.41) is 4.81. The van der Waals surface area contributed by atoms with E-state index >= 15 is 0 Å². The number of carbonyl (C=O) groups is 1. The van der Waals surface area contributed by atoms with Gasteiger partial charge >= 0.3 is 0 Å². The van der Waals surface area contributed by atoms with Gasteiger partial charge < -0.3 is 11.1 Å². The van der Waals surface area contributed by atoms with Crippen LogP contribution in [0, 0.1) is 11.8 Å². The normalized spacial score (nSPS) is 29.3. The second-order valence-electron chi connectivity index (χ2n) is 6.46. The number of ketones is 1. The Morgan fingerprint density at radius 1 is 1.32 bits per heavy atom. The standard InChI is InChI=1S/C15H20N2OS/c1-7-6-10(7)17-15-11(8-2-3-8)12(16)14(19-15)13(18)9-4-5-9/h7-10,17H,2-6,16H2,1H3. The molecular weight excluding hydrogens is 256 g/mol. The Hall–Kier alpha value is -1.03. The van der Waals surface area contributed by atoms with E-state index in [-0.39, 0.29) is 5.92 Å². The summed E-state index contributed by atoms with van der Waals surface area (Å²) in [4.78, 5) is 13.1. The molecule has 3 N–H and O–H groups in total. The summed E-state index contributed by atoms with van der Waals surface area (Å²) in [5.74, 6) is 1.92. The summed E-state index contributed by atoms with van der Waals surface area (Å²) in [6, 6.07) is 0.597. The summed E-state index contributed by atoms with van der Waals surface area (Å²) in [5.41, 5.74) is 8.34. The van der Waals surface area contributed by atoms with E-state index in [9.17, 15) is 4.79 Å². The van der Waals surface area contributed by atoms with Crippen LogP contribution in [0.25, 0.3) is 0 Å². The monoisotopic (exact) mass is 276 g/mol. The minimum absolute atomic E-state index is 0.265. The third-order valence-electron chi connectivity index (χ3n) is 4.57. The fourth-order valence-corrected chi connectivity index (χ4v) is 4.03. The molecule has 0 bridgehead atoms. The highest BCUT2D eigenvalue weighted by molar-refractivity contribution is 7.19. The van der Waals surface area contributed by atoms with Crippen LogP contribution in [-0.4, -0.2) is 11.8 Å². The summed E-state index contributed by atoms with van der Waals surface area (Å²) in [7, 11) is 0. The lowest BCUT2D eigenvalue weighted by atomic mass is 10.1. The van der Waals surface area contributed by atoms with Crippen molar-refractivity contribution in [2.45, 2.75) is 51.0 Å². The van der Waals surface area contributed by atoms with E-state index < -0.39 is 0 Å². The lowest BCUT2D eigenvalue weighted by Crippen LogP contribution is -2.04. The largest absolute Gasteiger partial charge is 0.397 e. The van der Waals surface area contributed by atoms with Gasteiger partial charge in [-0.2, -0.15) is 0 Å². The highest BCUT2D eigenvalue weighted by atomic mass is 32.1. The van der Waals surface area contributed by atoms with Crippen LogP contribution in [0.2, 0.25) is 0 Å². The number of nitrogens with one attached hydrogen (secondary N) is 1. The smallest absolute Gasteiger partial charge is 0.178 e. The van der Waals surface area contributed by atoms with Gasteiger partial charge in [-0.25, -0.2) is 0 Å². The number of nitrogen functional groups attached to an aromatic ring is 1. The van der Waals surface area contributed by atoms with E-state index in [0.717, 1.165) is 29.3 Å². The van der Waals surface area contributed by atoms with Gasteiger partial charge in [-0.3, -0.25) is 4.79 Å². The van der Waals surface area contributed by atoms with E-state index in [1.165, 1.54) is 29.8 Å². The zero-order chi connectivity index (χ0) is 13.1. The summed E-state index contributed by atoms with van der Waals surface area (Å²) in [6.45, 7) is 2.27. The molecule has 1 heterocycles. The number of carbonyl (C=O) groups excluding carboxylic acids is 1. The van der Waals surface area contributed by atoms with Crippen molar-refractivity contribution >= 4 is 27.8 Å². The predicted octanol–water partition coefficient (Wildman–Crippen LogP) is 3.62. The number of anilines is 2. The van der Waals surface area contributed by atoms with Gasteiger partial charge in [-0.1, -0.05) is 6.92 Å². The highest BCUT2D eigenvalue weighted by Gasteiger charge is 2.39. The van der Waals surface area contributed by atoms with Crippen molar-refractivity contribution < 1.29 is 4.79 Å². The Balaban J connectivity index is 1.67. The molecule has 1 aromatic heterocycles. The van der Waals surface area contributed by atoms with Crippen molar-refractivity contribution in [1.29, 1.82) is 0 Å². The third kappa shape index (κ3) is 2.06. The Kier molecular flexibility index (Phi) is 2.47. The first-order valence-electron chi connectivity index (χ1n) is 7.38. The zero-order valence-corrected chi connectivity index (χ0v) is 12.1. The topological polar surface area (TPSA) is 55.1 Å². The Labute approximate surface area is 117 Å². The maximum atomic E-state index is 12.3. The summed E-state index contributed by atoms with van der Waals surface area (Å²) in [6.07, 6.45) is 5.81. The van der Waals surface area contributed by atoms with Crippen molar-refractivity contribution in [3.63, 3.8) is 0 Å². The molecule has 3 aliphatic rings. The second-order valence-corrected chi connectivity index (χ2v) is 7.48. The molecule has 3 nitrogen and oxygen atoms in total. The summed E-state index contributed by atoms with van der Waals surface area (Å²) >= 11 is 1.62. The van der Waals surface area contributed by atoms with Crippen LogP contribution in [0.4, 0.5) is 10.7 Å². The van der Waals surface area contributed by atoms with Crippen molar-refractivity contribution in [2.75, 3.05) is 11.1 Å². The predicted molar refractivity (Wildman–Crippen MR) is 79.0 cm³/mol. The number of hydrogen-bond acceptors (Lipinski definition) is 4. The summed E-state index contributed by atoms with van der Waals surface area (Å²) < 4.78 is 0. The molecule has 4 rings (SSSR count). The SMILES string of the molecule is CC1CC1Nc1sc(C(=O)C2CC2)c(N)c1C1CC1. The molecule has 2 unspecified atom stereocenters. The van der Waals surface area contributed by atoms with Gasteiger partial charge in [-0.05, 0) is 43.9 Å². The lowest BCUT2D eigenvalue weighted by molar-refractivity contribution is 0.0972. The van der Waals surface area contributed by atoms with Gasteiger partial charge in [-0.15, -0.1) is 11.3 Å². The van der Waals surface area contributed by atoms with E-state index in [1.807, 2.05) is 0 Å². The fraction of sp³-hybridized carbons (Fsp3) is 0.667. The maximum Gasteiger partial charge on any atom is 0.178 e. The van der Waals surface area contributed by atoms with Crippen LogP contribution in [-0.2, 0) is 0 Å². The molecule has 0 amide bonds. The van der Waals surface area contributed by atoms with Crippen molar-refractivity contribution in [1.82, 2.24) is 0 Å². The van der Waals surface area contributed by atoms with E-state index in [2.05, 4.69) is 12.2 Å². The quantitative estimate of drug-likeness (QED) is 0.808. The molecule has 3 fully saturated rings. The first kappa shape index (κ1) is 11.8. The molecule has 0 aliphatic heterocycles. The molecule has 0 radical (unpaired) electrons. The van der Waals surface area contributed by atoms with Crippen molar-refractivity contribution in [2.24, 2.45) is 11.8 Å². The van der Waals surface area contributed by atoms with Gasteiger partial charge in [0.1, 0.15) is 0 Å². The van der Waals surface area contributed by atoms with Crippen LogP contribution < -0.4 is 11.1 Å². The molecule has 19 heavy (non-hydrogen) atoms. The molecule has 102 valence electrons. The molecule has 0 aromatic carbocycles. The van der Waals surface area contributed by atoms with E-state index in [0.29, 0.717) is 17.7 Å². The molecule has 3 aliphatic carbocycles. The van der Waals surface area contributed by atoms with E-state index in [4.69, 9.17) is 5.73 Å². The van der Waals surface area contributed by atoms with Crippen LogP contribution in [0.3, 0.4) is 0 Å². The number of thiophene rings is 1. The van der Waals surface area contributed by atoms with Gasteiger partial charge in [0, 0.05) is 17.5 Å². The number of hydrogen-bond donors (Lipinski definition) is 2. The molecule has 1 aromatic rings. The molecule has 0 saturated heterocycles. The average Bonchev–Trinajstić information content (AvgIpc) is 3.19. The van der Waals surface area contributed by atoms with Crippen molar-refractivity contribution in [3.05, 3.63) is 10.4 Å². The molecule has 4 heteroatoms. The number of rotatable bonds is 5. The second kappa shape index (κ2) is 3.98. The van der Waals surface area contributed by atoms with Crippen LogP contribution in [0.1, 0.15) is 60.2 Å². The van der Waals surface area contributed by atoms with E-state index in [1.54, 1.807) is 11.3 Å². The van der Waals surface area contributed by atoms with Crippen LogP contribution in [0.5, 0.6) is 0 Å². The van der Waals surface area contributed by atoms with Gasteiger partial charge in [0.05, 0.1) is 15.6 Å². The van der Waals surface area contributed by atoms with Gasteiger partial charge in [0.2, 0.25) is 0 Å². The van der Waals surface area contributed by atoms with Gasteiger partial charge in [0.25, 0.3) is 0 Å². The third-order valence-corrected chi connectivity index (χ3v) is 5.73. The number of Topliss-reactive ketones (excluding diaryl/α,β-unsaturated/α-hetero) is 1. The van der Waals surface area contributed by atoms with Crippen LogP contribution in [0.15, 0.2) is 0 Å². The first-order valence-corrected chi connectivity index (χ1v) is 8.19. The maximum absolute atomic E-state index is 12.3. The zero-order valence-electron chi connectivity index (χ0n) is 11.2. The van der Waals surface area contributed by atoms with Crippen molar-refractivity contribution in [3.8, 4) is 0 Å². The first-order chi connectivity index (χ1) is 9.15. The Morgan fingerprint density at radius 3 is 2.53 bits per heavy atom. The lowest BCUT2D eigenvalue weighted by Gasteiger charge is -2.06. The minimum atomic E-state index is 0.265. The Bertz CT molecular complexity index is 543. The average molecular weight is 276 g/mol. The molecule has 3 saturated carbocycles. The Morgan fingerprint density at radius 2 is 2.00 bits per heavy atom. The van der Waals surface area contributed by atoms with Crippen LogP contribution >= 0.6 is 11.3 Å². The molecule has 2 atom stereocenters. The highest BCUT2D eigenvalue weighted by Crippen LogP contribution is 2.53. The fourth-order valence-electron chi connectivity index (χ4n) is 2.75. The van der Waals surface area contributed by atoms with Gasteiger partial charge in [0.15, 0.2) is 5.78 Å².